The van der Waals surface area contributed by atoms with Crippen LogP contribution in [0.25, 0.3) is 0 Å². The maximum atomic E-state index is 12.1. The number of nitrogens with one attached hydrogen (secondary N) is 2. The quantitative estimate of drug-likeness (QED) is 0.793. The third kappa shape index (κ3) is 3.70. The van der Waals surface area contributed by atoms with E-state index in [0.29, 0.717) is 19.8 Å². The standard InChI is InChI=1S/C18H24N2O4/c1-23-15-5-3-2-4-14(15)18(8-10-24-11-9-18)12-19-16(21)17(22)20-13-6-7-13/h2-5,13H,6-12H2,1H3,(H,19,21)(H,20,22). The molecule has 1 aromatic rings. The van der Waals surface area contributed by atoms with Gasteiger partial charge in [-0.25, -0.2) is 0 Å². The first kappa shape index (κ1) is 16.8. The van der Waals surface area contributed by atoms with Crippen molar-refractivity contribution in [3.05, 3.63) is 29.8 Å². The average Bonchev–Trinajstić information content (AvgIpc) is 3.44. The van der Waals surface area contributed by atoms with Gasteiger partial charge in [-0.05, 0) is 31.7 Å². The molecular weight excluding hydrogens is 308 g/mol. The lowest BCUT2D eigenvalue weighted by Gasteiger charge is -2.38. The van der Waals surface area contributed by atoms with Crippen LogP contribution in [0.4, 0.5) is 0 Å². The smallest absolute Gasteiger partial charge is 0.309 e. The Balaban J connectivity index is 1.73. The molecule has 1 saturated carbocycles. The van der Waals surface area contributed by atoms with Gasteiger partial charge in [-0.1, -0.05) is 18.2 Å². The average molecular weight is 332 g/mol. The molecule has 1 heterocycles. The van der Waals surface area contributed by atoms with Crippen LogP contribution in [0.5, 0.6) is 5.75 Å². The fourth-order valence-corrected chi connectivity index (χ4v) is 3.19. The summed E-state index contributed by atoms with van der Waals surface area (Å²) in [5.41, 5.74) is 0.777. The molecule has 0 atom stereocenters. The van der Waals surface area contributed by atoms with E-state index in [1.54, 1.807) is 7.11 Å². The predicted octanol–water partition coefficient (Wildman–Crippen LogP) is 1.14. The van der Waals surface area contributed by atoms with Crippen molar-refractivity contribution in [2.45, 2.75) is 37.1 Å². The molecule has 0 aromatic heterocycles. The first-order valence-corrected chi connectivity index (χ1v) is 8.44. The molecule has 1 aromatic carbocycles. The SMILES string of the molecule is COc1ccccc1C1(CNC(=O)C(=O)NC2CC2)CCOCC1. The summed E-state index contributed by atoms with van der Waals surface area (Å²) in [7, 11) is 1.65. The molecule has 1 aliphatic heterocycles. The Morgan fingerprint density at radius 2 is 1.92 bits per heavy atom. The number of methoxy groups -OCH3 is 1. The molecule has 0 bridgehead atoms. The number of rotatable bonds is 5. The molecule has 24 heavy (non-hydrogen) atoms. The van der Waals surface area contributed by atoms with Crippen molar-refractivity contribution >= 4 is 11.8 Å². The van der Waals surface area contributed by atoms with Gasteiger partial charge in [-0.15, -0.1) is 0 Å². The summed E-state index contributed by atoms with van der Waals surface area (Å²) in [6.45, 7) is 1.65. The summed E-state index contributed by atoms with van der Waals surface area (Å²) >= 11 is 0. The van der Waals surface area contributed by atoms with E-state index in [2.05, 4.69) is 10.6 Å². The number of para-hydroxylation sites is 1. The van der Waals surface area contributed by atoms with E-state index in [1.807, 2.05) is 24.3 Å². The minimum absolute atomic E-state index is 0.175. The Morgan fingerprint density at radius 1 is 1.21 bits per heavy atom. The molecule has 0 unspecified atom stereocenters. The fraction of sp³-hybridized carbons (Fsp3) is 0.556. The van der Waals surface area contributed by atoms with Gasteiger partial charge in [-0.3, -0.25) is 9.59 Å². The monoisotopic (exact) mass is 332 g/mol. The van der Waals surface area contributed by atoms with Crippen LogP contribution in [0.15, 0.2) is 24.3 Å². The summed E-state index contributed by atoms with van der Waals surface area (Å²) in [6.07, 6.45) is 3.47. The number of amides is 2. The van der Waals surface area contributed by atoms with Gasteiger partial charge in [0, 0.05) is 36.8 Å². The van der Waals surface area contributed by atoms with Crippen LogP contribution >= 0.6 is 0 Å². The van der Waals surface area contributed by atoms with Crippen molar-refractivity contribution in [1.82, 2.24) is 10.6 Å². The Labute approximate surface area is 141 Å². The van der Waals surface area contributed by atoms with Gasteiger partial charge in [-0.2, -0.15) is 0 Å². The second-order valence-electron chi connectivity index (χ2n) is 6.52. The number of carbonyl (C=O) groups excluding carboxylic acids is 2. The molecule has 6 nitrogen and oxygen atoms in total. The van der Waals surface area contributed by atoms with Crippen molar-refractivity contribution in [3.8, 4) is 5.75 Å². The Kier molecular flexibility index (Phi) is 5.04. The summed E-state index contributed by atoms with van der Waals surface area (Å²) in [5, 5.41) is 5.53. The second kappa shape index (κ2) is 7.21. The Morgan fingerprint density at radius 3 is 2.58 bits per heavy atom. The van der Waals surface area contributed by atoms with E-state index < -0.39 is 11.8 Å². The van der Waals surface area contributed by atoms with E-state index in [1.165, 1.54) is 0 Å². The minimum atomic E-state index is -0.567. The van der Waals surface area contributed by atoms with E-state index in [0.717, 1.165) is 37.0 Å². The van der Waals surface area contributed by atoms with E-state index in [9.17, 15) is 9.59 Å². The third-order valence-electron chi connectivity index (χ3n) is 4.83. The molecular formula is C18H24N2O4. The zero-order valence-corrected chi connectivity index (χ0v) is 14.0. The van der Waals surface area contributed by atoms with Crippen LogP contribution in [0.2, 0.25) is 0 Å². The van der Waals surface area contributed by atoms with Gasteiger partial charge in [0.25, 0.3) is 0 Å². The van der Waals surface area contributed by atoms with Gasteiger partial charge in [0.1, 0.15) is 5.75 Å². The van der Waals surface area contributed by atoms with Crippen molar-refractivity contribution in [2.75, 3.05) is 26.9 Å². The lowest BCUT2D eigenvalue weighted by molar-refractivity contribution is -0.139. The zero-order chi connectivity index (χ0) is 17.0. The lowest BCUT2D eigenvalue weighted by Crippen LogP contribution is -2.48. The highest BCUT2D eigenvalue weighted by Crippen LogP contribution is 2.39. The highest BCUT2D eigenvalue weighted by molar-refractivity contribution is 6.35. The molecule has 1 saturated heterocycles. The van der Waals surface area contributed by atoms with Crippen LogP contribution in [0.3, 0.4) is 0 Å². The summed E-state index contributed by atoms with van der Waals surface area (Å²) in [5.74, 6) is -0.307. The molecule has 2 N–H and O–H groups in total. The first-order valence-electron chi connectivity index (χ1n) is 8.44. The van der Waals surface area contributed by atoms with Crippen LogP contribution in [0, 0.1) is 0 Å². The van der Waals surface area contributed by atoms with Gasteiger partial charge in [0.05, 0.1) is 7.11 Å². The van der Waals surface area contributed by atoms with Crippen LogP contribution in [-0.4, -0.2) is 44.7 Å². The predicted molar refractivity (Wildman–Crippen MR) is 88.9 cm³/mol. The molecule has 6 heteroatoms. The first-order chi connectivity index (χ1) is 11.6. The van der Waals surface area contributed by atoms with Gasteiger partial charge >= 0.3 is 11.8 Å². The van der Waals surface area contributed by atoms with Gasteiger partial charge < -0.3 is 20.1 Å². The fourth-order valence-electron chi connectivity index (χ4n) is 3.19. The topological polar surface area (TPSA) is 76.7 Å². The van der Waals surface area contributed by atoms with Crippen molar-refractivity contribution in [2.24, 2.45) is 0 Å². The number of hydrogen-bond acceptors (Lipinski definition) is 4. The van der Waals surface area contributed by atoms with E-state index >= 15 is 0 Å². The molecule has 2 amide bonds. The van der Waals surface area contributed by atoms with Crippen LogP contribution < -0.4 is 15.4 Å². The van der Waals surface area contributed by atoms with E-state index in [-0.39, 0.29) is 11.5 Å². The maximum Gasteiger partial charge on any atom is 0.309 e. The van der Waals surface area contributed by atoms with Gasteiger partial charge in [0.2, 0.25) is 0 Å². The number of ether oxygens (including phenoxy) is 2. The minimum Gasteiger partial charge on any atom is -0.496 e. The van der Waals surface area contributed by atoms with E-state index in [4.69, 9.17) is 9.47 Å². The molecule has 0 spiro atoms. The third-order valence-corrected chi connectivity index (χ3v) is 4.83. The molecule has 2 aliphatic rings. The highest BCUT2D eigenvalue weighted by Gasteiger charge is 2.37. The zero-order valence-electron chi connectivity index (χ0n) is 14.0. The largest absolute Gasteiger partial charge is 0.496 e. The second-order valence-corrected chi connectivity index (χ2v) is 6.52. The van der Waals surface area contributed by atoms with Crippen molar-refractivity contribution in [1.29, 1.82) is 0 Å². The number of hydrogen-bond donors (Lipinski definition) is 2. The molecule has 0 radical (unpaired) electrons. The maximum absolute atomic E-state index is 12.1. The summed E-state index contributed by atoms with van der Waals surface area (Å²) < 4.78 is 11.0. The van der Waals surface area contributed by atoms with Crippen molar-refractivity contribution < 1.29 is 19.1 Å². The molecule has 130 valence electrons. The Bertz CT molecular complexity index is 607. The van der Waals surface area contributed by atoms with Crippen LogP contribution in [-0.2, 0) is 19.7 Å². The summed E-state index contributed by atoms with van der Waals surface area (Å²) in [6, 6.07) is 8.03. The van der Waals surface area contributed by atoms with Crippen molar-refractivity contribution in [3.63, 3.8) is 0 Å². The highest BCUT2D eigenvalue weighted by atomic mass is 16.5. The molecule has 2 fully saturated rings. The van der Waals surface area contributed by atoms with Gasteiger partial charge in [0.15, 0.2) is 0 Å². The van der Waals surface area contributed by atoms with Crippen LogP contribution in [0.1, 0.15) is 31.2 Å². The lowest BCUT2D eigenvalue weighted by atomic mass is 9.73. The number of carbonyl (C=O) groups is 2. The molecule has 3 rings (SSSR count). The normalized spacial score (nSPS) is 19.4. The molecule has 1 aliphatic carbocycles. The number of benzene rings is 1. The summed E-state index contributed by atoms with van der Waals surface area (Å²) in [4.78, 5) is 23.9. The Hall–Kier alpha value is -2.08.